The molecular weight excluding hydrogens is 618 g/mol. The molecule has 0 fully saturated rings. The van der Waals surface area contributed by atoms with Crippen LogP contribution in [0.25, 0.3) is 0 Å². The van der Waals surface area contributed by atoms with Crippen LogP contribution < -0.4 is 9.47 Å². The maximum Gasteiger partial charge on any atom is 0.349 e. The first-order valence-corrected chi connectivity index (χ1v) is 12.7. The summed E-state index contributed by atoms with van der Waals surface area (Å²) in [5, 5.41) is 4.40. The molecule has 0 spiro atoms. The summed E-state index contributed by atoms with van der Waals surface area (Å²) >= 11 is 13.0. The second-order valence-electron chi connectivity index (χ2n) is 7.35. The third-order valence-electron chi connectivity index (χ3n) is 4.80. The maximum absolute atomic E-state index is 13.1. The van der Waals surface area contributed by atoms with Crippen LogP contribution in [0, 0.1) is 0 Å². The summed E-state index contributed by atoms with van der Waals surface area (Å²) < 4.78 is 17.6. The SMILES string of the molecule is CCOC(=O)C(C)ON=Cc1cc(Br)c(Oc2ccc(OC)c(C(=O)c3ccc(Cl)cc3)c2)c(Br)c1. The summed E-state index contributed by atoms with van der Waals surface area (Å²) in [4.78, 5) is 29.9. The highest BCUT2D eigenvalue weighted by molar-refractivity contribution is 9.11. The number of oxime groups is 1. The van der Waals surface area contributed by atoms with Crippen molar-refractivity contribution in [1.82, 2.24) is 0 Å². The zero-order chi connectivity index (χ0) is 26.2. The van der Waals surface area contributed by atoms with Crippen LogP contribution in [-0.4, -0.2) is 37.8 Å². The number of esters is 1. The van der Waals surface area contributed by atoms with E-state index in [0.29, 0.717) is 47.9 Å². The Bertz CT molecular complexity index is 1260. The molecule has 0 aliphatic rings. The molecule has 3 aromatic carbocycles. The Morgan fingerprint density at radius 1 is 1.06 bits per heavy atom. The Hall–Kier alpha value is -2.88. The summed E-state index contributed by atoms with van der Waals surface area (Å²) in [6.45, 7) is 3.54. The zero-order valence-electron chi connectivity index (χ0n) is 19.6. The molecule has 188 valence electrons. The van der Waals surface area contributed by atoms with E-state index in [-0.39, 0.29) is 12.4 Å². The number of rotatable bonds is 10. The molecule has 1 atom stereocenters. The van der Waals surface area contributed by atoms with Crippen molar-refractivity contribution in [2.24, 2.45) is 5.16 Å². The third-order valence-corrected chi connectivity index (χ3v) is 6.23. The van der Waals surface area contributed by atoms with Gasteiger partial charge in [0.15, 0.2) is 11.5 Å². The Labute approximate surface area is 230 Å². The standard InChI is InChI=1S/C26H22Br2ClNO6/c1-4-34-26(32)15(2)36-30-14-16-11-21(27)25(22(28)12-16)35-19-9-10-23(33-3)20(13-19)24(31)17-5-7-18(29)8-6-17/h5-15H,4H2,1-3H3. The second kappa shape index (κ2) is 12.9. The topological polar surface area (TPSA) is 83.4 Å². The lowest BCUT2D eigenvalue weighted by Gasteiger charge is -2.14. The predicted octanol–water partition coefficient (Wildman–Crippen LogP) is 7.20. The first-order valence-electron chi connectivity index (χ1n) is 10.7. The van der Waals surface area contributed by atoms with Crippen molar-refractivity contribution in [2.75, 3.05) is 13.7 Å². The average molecular weight is 640 g/mol. The van der Waals surface area contributed by atoms with E-state index in [9.17, 15) is 9.59 Å². The minimum atomic E-state index is -0.824. The zero-order valence-corrected chi connectivity index (χ0v) is 23.5. The van der Waals surface area contributed by atoms with Gasteiger partial charge >= 0.3 is 5.97 Å². The predicted molar refractivity (Wildman–Crippen MR) is 145 cm³/mol. The largest absolute Gasteiger partial charge is 0.496 e. The van der Waals surface area contributed by atoms with E-state index in [0.717, 1.165) is 0 Å². The molecule has 10 heteroatoms. The summed E-state index contributed by atoms with van der Waals surface area (Å²) in [5.41, 5.74) is 1.51. The smallest absolute Gasteiger partial charge is 0.349 e. The van der Waals surface area contributed by atoms with Crippen LogP contribution in [0.15, 0.2) is 68.7 Å². The number of nitrogens with zero attached hydrogens (tertiary/aromatic N) is 1. The van der Waals surface area contributed by atoms with Crippen molar-refractivity contribution in [1.29, 1.82) is 0 Å². The maximum atomic E-state index is 13.1. The van der Waals surface area contributed by atoms with E-state index in [1.54, 1.807) is 68.4 Å². The van der Waals surface area contributed by atoms with Crippen molar-refractivity contribution in [2.45, 2.75) is 20.0 Å². The molecule has 3 aromatic rings. The second-order valence-corrected chi connectivity index (χ2v) is 9.49. The Balaban J connectivity index is 1.80. The number of halogens is 3. The molecule has 0 radical (unpaired) electrons. The molecule has 0 aliphatic carbocycles. The van der Waals surface area contributed by atoms with Crippen LogP contribution in [0.5, 0.6) is 17.2 Å². The molecule has 0 aromatic heterocycles. The average Bonchev–Trinajstić information content (AvgIpc) is 2.86. The molecule has 0 saturated heterocycles. The molecule has 0 aliphatic heterocycles. The van der Waals surface area contributed by atoms with Gasteiger partial charge in [-0.25, -0.2) is 4.79 Å². The number of methoxy groups -OCH3 is 1. The quantitative estimate of drug-likeness (QED) is 0.101. The van der Waals surface area contributed by atoms with Gasteiger partial charge in [0, 0.05) is 10.6 Å². The lowest BCUT2D eigenvalue weighted by molar-refractivity contribution is -0.155. The molecule has 36 heavy (non-hydrogen) atoms. The van der Waals surface area contributed by atoms with Gasteiger partial charge in [-0.05, 0) is 106 Å². The van der Waals surface area contributed by atoms with Gasteiger partial charge in [0.05, 0.1) is 34.4 Å². The van der Waals surface area contributed by atoms with Gasteiger partial charge in [0.1, 0.15) is 11.5 Å². The highest BCUT2D eigenvalue weighted by Crippen LogP contribution is 2.39. The van der Waals surface area contributed by atoms with E-state index in [1.165, 1.54) is 13.3 Å². The van der Waals surface area contributed by atoms with Crippen LogP contribution in [-0.2, 0) is 14.4 Å². The molecule has 7 nitrogen and oxygen atoms in total. The van der Waals surface area contributed by atoms with Gasteiger partial charge in [0.2, 0.25) is 6.10 Å². The number of hydrogen-bond acceptors (Lipinski definition) is 7. The van der Waals surface area contributed by atoms with Crippen LogP contribution in [0.4, 0.5) is 0 Å². The molecule has 3 rings (SSSR count). The minimum absolute atomic E-state index is 0.226. The third kappa shape index (κ3) is 7.09. The minimum Gasteiger partial charge on any atom is -0.496 e. The van der Waals surface area contributed by atoms with Gasteiger partial charge in [-0.15, -0.1) is 0 Å². The van der Waals surface area contributed by atoms with Gasteiger partial charge in [0.25, 0.3) is 0 Å². The fourth-order valence-corrected chi connectivity index (χ4v) is 4.55. The lowest BCUT2D eigenvalue weighted by atomic mass is 10.0. The number of carbonyl (C=O) groups is 2. The highest BCUT2D eigenvalue weighted by atomic mass is 79.9. The number of hydrogen-bond donors (Lipinski definition) is 0. The first kappa shape index (κ1) is 27.7. The lowest BCUT2D eigenvalue weighted by Crippen LogP contribution is -2.21. The monoisotopic (exact) mass is 637 g/mol. The van der Waals surface area contributed by atoms with Gasteiger partial charge < -0.3 is 19.0 Å². The van der Waals surface area contributed by atoms with E-state index in [1.807, 2.05) is 0 Å². The number of benzene rings is 3. The number of carbonyl (C=O) groups excluding carboxylic acids is 2. The number of ether oxygens (including phenoxy) is 3. The molecule has 0 amide bonds. The van der Waals surface area contributed by atoms with Gasteiger partial charge in [-0.2, -0.15) is 0 Å². The van der Waals surface area contributed by atoms with Crippen molar-refractivity contribution in [3.63, 3.8) is 0 Å². The Morgan fingerprint density at radius 2 is 1.72 bits per heavy atom. The van der Waals surface area contributed by atoms with Gasteiger partial charge in [-0.1, -0.05) is 16.8 Å². The molecule has 0 heterocycles. The molecular formula is C26H22Br2ClNO6. The van der Waals surface area contributed by atoms with Crippen molar-refractivity contribution >= 4 is 61.4 Å². The Morgan fingerprint density at radius 3 is 2.33 bits per heavy atom. The number of ketones is 1. The molecule has 0 saturated carbocycles. The van der Waals surface area contributed by atoms with E-state index >= 15 is 0 Å². The molecule has 0 bridgehead atoms. The van der Waals surface area contributed by atoms with Crippen LogP contribution >= 0.6 is 43.5 Å². The summed E-state index contributed by atoms with van der Waals surface area (Å²) in [5.74, 6) is 0.624. The summed E-state index contributed by atoms with van der Waals surface area (Å²) in [6.07, 6.45) is 0.640. The summed E-state index contributed by atoms with van der Waals surface area (Å²) in [7, 11) is 1.50. The van der Waals surface area contributed by atoms with Gasteiger partial charge in [-0.3, -0.25) is 4.79 Å². The first-order chi connectivity index (χ1) is 17.2. The van der Waals surface area contributed by atoms with E-state index < -0.39 is 12.1 Å². The van der Waals surface area contributed by atoms with Crippen LogP contribution in [0.1, 0.15) is 35.3 Å². The molecule has 0 N–H and O–H groups in total. The molecule has 1 unspecified atom stereocenters. The highest BCUT2D eigenvalue weighted by Gasteiger charge is 2.18. The normalized spacial score (nSPS) is 11.7. The Kier molecular flexibility index (Phi) is 9.92. The van der Waals surface area contributed by atoms with Crippen molar-refractivity contribution < 1.29 is 28.6 Å². The van der Waals surface area contributed by atoms with Crippen molar-refractivity contribution in [3.8, 4) is 17.2 Å². The van der Waals surface area contributed by atoms with Crippen molar-refractivity contribution in [3.05, 3.63) is 85.3 Å². The summed E-state index contributed by atoms with van der Waals surface area (Å²) in [6, 6.07) is 15.2. The van der Waals surface area contributed by atoms with E-state index in [4.69, 9.17) is 30.6 Å². The van der Waals surface area contributed by atoms with Crippen LogP contribution in [0.2, 0.25) is 5.02 Å². The van der Waals surface area contributed by atoms with Crippen LogP contribution in [0.3, 0.4) is 0 Å². The fourth-order valence-electron chi connectivity index (χ4n) is 3.04. The fraction of sp³-hybridized carbons (Fsp3) is 0.192. The van der Waals surface area contributed by atoms with E-state index in [2.05, 4.69) is 37.0 Å².